The van der Waals surface area contributed by atoms with Crippen molar-refractivity contribution in [1.82, 2.24) is 14.7 Å². The van der Waals surface area contributed by atoms with Crippen molar-refractivity contribution in [2.24, 2.45) is 0 Å². The Bertz CT molecular complexity index is 1250. The lowest BCUT2D eigenvalue weighted by Gasteiger charge is -2.11. The van der Waals surface area contributed by atoms with Gasteiger partial charge in [0.15, 0.2) is 6.61 Å². The zero-order valence-electron chi connectivity index (χ0n) is 19.1. The minimum absolute atomic E-state index is 0.0419. The number of rotatable bonds is 8. The molecule has 0 aliphatic rings. The van der Waals surface area contributed by atoms with Gasteiger partial charge in [-0.3, -0.25) is 14.3 Å². The molecule has 0 bridgehead atoms. The van der Waals surface area contributed by atoms with Crippen LogP contribution in [0.1, 0.15) is 15.9 Å². The van der Waals surface area contributed by atoms with Crippen LogP contribution >= 0.6 is 0 Å². The summed E-state index contributed by atoms with van der Waals surface area (Å²) in [5, 5.41) is 7.64. The lowest BCUT2D eigenvalue weighted by molar-refractivity contribution is -0.130. The number of nitrogens with zero attached hydrogens (tertiary/aromatic N) is 3. The van der Waals surface area contributed by atoms with Gasteiger partial charge < -0.3 is 15.0 Å². The summed E-state index contributed by atoms with van der Waals surface area (Å²) >= 11 is 0. The van der Waals surface area contributed by atoms with Gasteiger partial charge in [0, 0.05) is 31.5 Å². The Balaban J connectivity index is 1.52. The van der Waals surface area contributed by atoms with Gasteiger partial charge in [0.1, 0.15) is 11.4 Å². The molecule has 4 rings (SSSR count). The van der Waals surface area contributed by atoms with Crippen LogP contribution in [0.3, 0.4) is 0 Å². The first-order valence-electron chi connectivity index (χ1n) is 10.9. The first-order valence-corrected chi connectivity index (χ1v) is 10.9. The van der Waals surface area contributed by atoms with Gasteiger partial charge in [-0.15, -0.1) is 0 Å². The van der Waals surface area contributed by atoms with Crippen LogP contribution < -0.4 is 10.1 Å². The van der Waals surface area contributed by atoms with Crippen molar-refractivity contribution in [2.75, 3.05) is 26.0 Å². The maximum absolute atomic E-state index is 13.2. The van der Waals surface area contributed by atoms with Gasteiger partial charge >= 0.3 is 0 Å². The number of benzene rings is 3. The fourth-order valence-electron chi connectivity index (χ4n) is 3.36. The topological polar surface area (TPSA) is 76.5 Å². The fourth-order valence-corrected chi connectivity index (χ4v) is 3.36. The Kier molecular flexibility index (Phi) is 7.03. The molecule has 0 atom stereocenters. The van der Waals surface area contributed by atoms with E-state index in [0.717, 1.165) is 11.1 Å². The standard InChI is InChI=1S/C27H26N4O3/c1-30(2)25(32)19-34-23-15-13-22(14-16-23)28-27(33)24-18-31(17-20-9-5-3-6-10-20)29-26(24)21-11-7-4-8-12-21/h3-16,18H,17,19H2,1-2H3,(H,28,33). The van der Waals surface area contributed by atoms with Crippen molar-refractivity contribution in [3.05, 3.63) is 102 Å². The van der Waals surface area contributed by atoms with Gasteiger partial charge in [-0.2, -0.15) is 5.10 Å². The lowest BCUT2D eigenvalue weighted by atomic mass is 10.1. The predicted octanol–water partition coefficient (Wildman–Crippen LogP) is 4.32. The summed E-state index contributed by atoms with van der Waals surface area (Å²) in [6.45, 7) is 0.519. The molecule has 4 aromatic rings. The monoisotopic (exact) mass is 454 g/mol. The second-order valence-corrected chi connectivity index (χ2v) is 8.00. The molecule has 2 amide bonds. The molecule has 0 aliphatic carbocycles. The van der Waals surface area contributed by atoms with E-state index in [0.29, 0.717) is 29.2 Å². The normalized spacial score (nSPS) is 10.5. The Labute approximate surface area is 198 Å². The summed E-state index contributed by atoms with van der Waals surface area (Å²) in [5.74, 6) is 0.168. The molecule has 34 heavy (non-hydrogen) atoms. The van der Waals surface area contributed by atoms with E-state index in [4.69, 9.17) is 9.84 Å². The van der Waals surface area contributed by atoms with E-state index in [-0.39, 0.29) is 18.4 Å². The minimum atomic E-state index is -0.255. The molecule has 0 saturated carbocycles. The maximum atomic E-state index is 13.2. The van der Waals surface area contributed by atoms with E-state index in [1.807, 2.05) is 60.7 Å². The molecule has 0 aliphatic heterocycles. The molecular weight excluding hydrogens is 428 g/mol. The Morgan fingerprint density at radius 1 is 0.912 bits per heavy atom. The maximum Gasteiger partial charge on any atom is 0.259 e. The molecule has 0 fully saturated rings. The molecule has 7 heteroatoms. The van der Waals surface area contributed by atoms with Gasteiger partial charge in [0.05, 0.1) is 12.1 Å². The summed E-state index contributed by atoms with van der Waals surface area (Å²) in [6.07, 6.45) is 1.77. The van der Waals surface area contributed by atoms with Crippen molar-refractivity contribution in [2.45, 2.75) is 6.54 Å². The number of carbonyl (C=O) groups is 2. The van der Waals surface area contributed by atoms with Crippen molar-refractivity contribution in [1.29, 1.82) is 0 Å². The Morgan fingerprint density at radius 2 is 1.56 bits per heavy atom. The number of nitrogens with one attached hydrogen (secondary N) is 1. The van der Waals surface area contributed by atoms with Crippen molar-refractivity contribution >= 4 is 17.5 Å². The third-order valence-electron chi connectivity index (χ3n) is 5.21. The molecular formula is C27H26N4O3. The van der Waals surface area contributed by atoms with Crippen LogP contribution in [0, 0.1) is 0 Å². The zero-order valence-corrected chi connectivity index (χ0v) is 19.1. The number of ether oxygens (including phenoxy) is 1. The third-order valence-corrected chi connectivity index (χ3v) is 5.21. The van der Waals surface area contributed by atoms with Crippen LogP contribution in [-0.4, -0.2) is 47.2 Å². The van der Waals surface area contributed by atoms with Crippen molar-refractivity contribution in [3.63, 3.8) is 0 Å². The summed E-state index contributed by atoms with van der Waals surface area (Å²) in [6, 6.07) is 26.6. The van der Waals surface area contributed by atoms with Crippen LogP contribution in [0.2, 0.25) is 0 Å². The number of likely N-dealkylation sites (N-methyl/N-ethyl adjacent to an activating group) is 1. The van der Waals surface area contributed by atoms with E-state index >= 15 is 0 Å². The summed E-state index contributed by atoms with van der Waals surface area (Å²) in [4.78, 5) is 26.4. The quantitative estimate of drug-likeness (QED) is 0.430. The SMILES string of the molecule is CN(C)C(=O)COc1ccc(NC(=O)c2cn(Cc3ccccc3)nc2-c2ccccc2)cc1. The van der Waals surface area contributed by atoms with E-state index in [1.165, 1.54) is 4.90 Å². The van der Waals surface area contributed by atoms with Crippen molar-refractivity contribution in [3.8, 4) is 17.0 Å². The van der Waals surface area contributed by atoms with Crippen LogP contribution in [0.15, 0.2) is 91.1 Å². The average Bonchev–Trinajstić information content (AvgIpc) is 3.28. The second kappa shape index (κ2) is 10.5. The number of anilines is 1. The molecule has 0 radical (unpaired) electrons. The molecule has 172 valence electrons. The zero-order chi connectivity index (χ0) is 23.9. The number of amides is 2. The average molecular weight is 455 g/mol. The molecule has 0 saturated heterocycles. The first-order chi connectivity index (χ1) is 16.5. The summed E-state index contributed by atoms with van der Waals surface area (Å²) in [7, 11) is 3.35. The smallest absolute Gasteiger partial charge is 0.259 e. The van der Waals surface area contributed by atoms with E-state index in [2.05, 4.69) is 5.32 Å². The summed E-state index contributed by atoms with van der Waals surface area (Å²) in [5.41, 5.74) is 3.69. The number of aromatic nitrogens is 2. The van der Waals surface area contributed by atoms with E-state index in [9.17, 15) is 9.59 Å². The van der Waals surface area contributed by atoms with Gasteiger partial charge in [0.25, 0.3) is 11.8 Å². The first kappa shape index (κ1) is 22.8. The Hall–Kier alpha value is -4.39. The molecule has 7 nitrogen and oxygen atoms in total. The predicted molar refractivity (Wildman–Crippen MR) is 132 cm³/mol. The molecule has 1 aromatic heterocycles. The van der Waals surface area contributed by atoms with Crippen LogP contribution in [0.4, 0.5) is 5.69 Å². The highest BCUT2D eigenvalue weighted by molar-refractivity contribution is 6.08. The Morgan fingerprint density at radius 3 is 2.21 bits per heavy atom. The van der Waals surface area contributed by atoms with Crippen molar-refractivity contribution < 1.29 is 14.3 Å². The highest BCUT2D eigenvalue weighted by Crippen LogP contribution is 2.24. The lowest BCUT2D eigenvalue weighted by Crippen LogP contribution is -2.27. The van der Waals surface area contributed by atoms with E-state index in [1.54, 1.807) is 49.2 Å². The van der Waals surface area contributed by atoms with Gasteiger partial charge in [-0.05, 0) is 29.8 Å². The van der Waals surface area contributed by atoms with E-state index < -0.39 is 0 Å². The molecule has 0 spiro atoms. The largest absolute Gasteiger partial charge is 0.484 e. The number of carbonyl (C=O) groups excluding carboxylic acids is 2. The number of hydrogen-bond donors (Lipinski definition) is 1. The van der Waals surface area contributed by atoms with Gasteiger partial charge in [-0.1, -0.05) is 60.7 Å². The highest BCUT2D eigenvalue weighted by Gasteiger charge is 2.18. The fraction of sp³-hybridized carbons (Fsp3) is 0.148. The van der Waals surface area contributed by atoms with Gasteiger partial charge in [0.2, 0.25) is 0 Å². The number of hydrogen-bond acceptors (Lipinski definition) is 4. The second-order valence-electron chi connectivity index (χ2n) is 8.00. The molecule has 1 N–H and O–H groups in total. The van der Waals surface area contributed by atoms with Gasteiger partial charge in [-0.25, -0.2) is 0 Å². The summed E-state index contributed by atoms with van der Waals surface area (Å²) < 4.78 is 7.28. The van der Waals surface area contributed by atoms with Crippen LogP contribution in [0.5, 0.6) is 5.75 Å². The molecule has 1 heterocycles. The highest BCUT2D eigenvalue weighted by atomic mass is 16.5. The van der Waals surface area contributed by atoms with Crippen LogP contribution in [-0.2, 0) is 11.3 Å². The third kappa shape index (κ3) is 5.69. The van der Waals surface area contributed by atoms with Crippen LogP contribution in [0.25, 0.3) is 11.3 Å². The molecule has 3 aromatic carbocycles. The molecule has 0 unspecified atom stereocenters. The minimum Gasteiger partial charge on any atom is -0.484 e.